The maximum absolute atomic E-state index is 13.2. The Morgan fingerprint density at radius 1 is 0.970 bits per heavy atom. The number of amides is 2. The molecule has 0 aliphatic carbocycles. The lowest BCUT2D eigenvalue weighted by molar-refractivity contribution is -0.121. The number of likely N-dealkylation sites (tertiary alicyclic amines) is 1. The largest absolute Gasteiger partial charge is 0.370 e. The number of aromatic amines is 2. The Hall–Kier alpha value is -3.55. The number of aryl methyl sites for hydroxylation is 1. The van der Waals surface area contributed by atoms with Crippen LogP contribution in [0.1, 0.15) is 41.6 Å². The van der Waals surface area contributed by atoms with Crippen molar-refractivity contribution >= 4 is 34.2 Å². The van der Waals surface area contributed by atoms with Crippen molar-refractivity contribution in [2.45, 2.75) is 32.6 Å². The first kappa shape index (κ1) is 21.3. The Morgan fingerprint density at radius 2 is 1.64 bits per heavy atom. The fraction of sp³-hybridized carbons (Fsp3) is 0.400. The van der Waals surface area contributed by atoms with Crippen LogP contribution in [0.3, 0.4) is 0 Å². The molecule has 8 heteroatoms. The Morgan fingerprint density at radius 3 is 2.33 bits per heavy atom. The van der Waals surface area contributed by atoms with Crippen LogP contribution in [-0.2, 0) is 4.79 Å². The maximum Gasteiger partial charge on any atom is 0.323 e. The number of hydrogen-bond acceptors (Lipinski definition) is 4. The molecule has 0 unspecified atom stereocenters. The molecule has 3 aromatic rings. The van der Waals surface area contributed by atoms with Gasteiger partial charge < -0.3 is 25.1 Å². The summed E-state index contributed by atoms with van der Waals surface area (Å²) in [6, 6.07) is 11.4. The normalized spacial score (nSPS) is 17.0. The minimum absolute atomic E-state index is 0.0318. The van der Waals surface area contributed by atoms with E-state index in [-0.39, 0.29) is 23.4 Å². The number of aromatic nitrogens is 2. The molecular formula is C25H29N5O3. The molecule has 33 heavy (non-hydrogen) atoms. The van der Waals surface area contributed by atoms with Gasteiger partial charge in [0.1, 0.15) is 0 Å². The van der Waals surface area contributed by atoms with Crippen LogP contribution < -0.4 is 15.9 Å². The second-order valence-corrected chi connectivity index (χ2v) is 9.06. The minimum Gasteiger partial charge on any atom is -0.370 e. The van der Waals surface area contributed by atoms with Crippen LogP contribution in [-0.4, -0.2) is 52.9 Å². The molecule has 0 radical (unpaired) electrons. The highest BCUT2D eigenvalue weighted by atomic mass is 16.2. The molecule has 2 saturated heterocycles. The first-order chi connectivity index (χ1) is 16.0. The molecule has 2 fully saturated rings. The van der Waals surface area contributed by atoms with Crippen molar-refractivity contribution in [1.82, 2.24) is 14.9 Å². The number of imidazole rings is 1. The topological polar surface area (TPSA) is 101 Å². The van der Waals surface area contributed by atoms with Crippen molar-refractivity contribution in [2.24, 2.45) is 5.92 Å². The van der Waals surface area contributed by atoms with E-state index in [1.165, 1.54) is 0 Å². The molecule has 8 nitrogen and oxygen atoms in total. The van der Waals surface area contributed by atoms with E-state index in [1.807, 2.05) is 48.2 Å². The quantitative estimate of drug-likeness (QED) is 0.571. The smallest absolute Gasteiger partial charge is 0.323 e. The van der Waals surface area contributed by atoms with E-state index >= 15 is 0 Å². The average molecular weight is 448 g/mol. The van der Waals surface area contributed by atoms with E-state index in [9.17, 15) is 14.4 Å². The molecule has 3 heterocycles. The number of hydrogen-bond donors (Lipinski definition) is 3. The van der Waals surface area contributed by atoms with Gasteiger partial charge in [0.2, 0.25) is 5.91 Å². The summed E-state index contributed by atoms with van der Waals surface area (Å²) >= 11 is 0. The zero-order valence-electron chi connectivity index (χ0n) is 18.8. The molecule has 0 spiro atoms. The lowest BCUT2D eigenvalue weighted by Crippen LogP contribution is -2.41. The van der Waals surface area contributed by atoms with Crippen LogP contribution in [0.5, 0.6) is 0 Å². The Balaban J connectivity index is 1.29. The first-order valence-electron chi connectivity index (χ1n) is 11.7. The summed E-state index contributed by atoms with van der Waals surface area (Å²) in [7, 11) is 0. The maximum atomic E-state index is 13.2. The van der Waals surface area contributed by atoms with Crippen LogP contribution >= 0.6 is 0 Å². The van der Waals surface area contributed by atoms with E-state index in [0.717, 1.165) is 53.9 Å². The first-order valence-corrected chi connectivity index (χ1v) is 11.7. The molecular weight excluding hydrogens is 418 g/mol. The summed E-state index contributed by atoms with van der Waals surface area (Å²) in [5.41, 5.74) is 4.52. The van der Waals surface area contributed by atoms with Crippen molar-refractivity contribution in [3.63, 3.8) is 0 Å². The number of benzene rings is 2. The number of fused-ring (bicyclic) bond motifs is 1. The summed E-state index contributed by atoms with van der Waals surface area (Å²) in [4.78, 5) is 47.5. The van der Waals surface area contributed by atoms with Gasteiger partial charge in [0.25, 0.3) is 5.91 Å². The van der Waals surface area contributed by atoms with Crippen LogP contribution in [0, 0.1) is 12.8 Å². The standard InChI is InChI=1S/C25H29N5O3/c1-16-6-2-3-7-18(16)24(32)30-12-8-17(9-13-30)23(31)26-21-14-19-20(28-25(33)27-19)15-22(21)29-10-4-5-11-29/h2-3,6-7,14-15,17H,4-5,8-13H2,1H3,(H,26,31)(H2,27,28,33). The van der Waals surface area contributed by atoms with Gasteiger partial charge in [0, 0.05) is 37.7 Å². The van der Waals surface area contributed by atoms with E-state index in [1.54, 1.807) is 0 Å². The van der Waals surface area contributed by atoms with Gasteiger partial charge in [0.15, 0.2) is 0 Å². The van der Waals surface area contributed by atoms with Gasteiger partial charge in [-0.1, -0.05) is 18.2 Å². The van der Waals surface area contributed by atoms with Crippen molar-refractivity contribution in [2.75, 3.05) is 36.4 Å². The molecule has 0 bridgehead atoms. The van der Waals surface area contributed by atoms with Gasteiger partial charge >= 0.3 is 5.69 Å². The zero-order chi connectivity index (χ0) is 22.9. The van der Waals surface area contributed by atoms with Gasteiger partial charge in [0.05, 0.1) is 22.4 Å². The van der Waals surface area contributed by atoms with Crippen LogP contribution in [0.4, 0.5) is 11.4 Å². The number of carbonyl (C=O) groups is 2. The molecule has 0 saturated carbocycles. The zero-order valence-corrected chi connectivity index (χ0v) is 18.8. The second kappa shape index (κ2) is 8.77. The number of nitrogens with zero attached hydrogens (tertiary/aromatic N) is 2. The van der Waals surface area contributed by atoms with E-state index < -0.39 is 0 Å². The van der Waals surface area contributed by atoms with Crippen molar-refractivity contribution in [3.8, 4) is 0 Å². The molecule has 2 aliphatic rings. The van der Waals surface area contributed by atoms with E-state index in [2.05, 4.69) is 20.2 Å². The third-order valence-corrected chi connectivity index (χ3v) is 6.87. The van der Waals surface area contributed by atoms with Crippen molar-refractivity contribution < 1.29 is 9.59 Å². The minimum atomic E-state index is -0.258. The summed E-state index contributed by atoms with van der Waals surface area (Å²) in [6.07, 6.45) is 3.49. The van der Waals surface area contributed by atoms with Gasteiger partial charge in [-0.2, -0.15) is 0 Å². The highest BCUT2D eigenvalue weighted by Gasteiger charge is 2.29. The predicted octanol–water partition coefficient (Wildman–Crippen LogP) is 3.26. The van der Waals surface area contributed by atoms with Crippen LogP contribution in [0.2, 0.25) is 0 Å². The van der Waals surface area contributed by atoms with E-state index in [0.29, 0.717) is 31.4 Å². The SMILES string of the molecule is Cc1ccccc1C(=O)N1CCC(C(=O)Nc2cc3[nH]c(=O)[nH]c3cc2N2CCCC2)CC1. The highest BCUT2D eigenvalue weighted by molar-refractivity contribution is 6.00. The van der Waals surface area contributed by atoms with Gasteiger partial charge in [-0.25, -0.2) is 4.79 Å². The molecule has 2 amide bonds. The molecule has 2 aromatic carbocycles. The number of anilines is 2. The van der Waals surface area contributed by atoms with Crippen LogP contribution in [0.25, 0.3) is 11.0 Å². The Bertz CT molecular complexity index is 1250. The van der Waals surface area contributed by atoms with Crippen molar-refractivity contribution in [1.29, 1.82) is 0 Å². The fourth-order valence-corrected chi connectivity index (χ4v) is 4.95. The predicted molar refractivity (Wildman–Crippen MR) is 129 cm³/mol. The fourth-order valence-electron chi connectivity index (χ4n) is 4.95. The van der Waals surface area contributed by atoms with Crippen LogP contribution in [0.15, 0.2) is 41.2 Å². The molecule has 5 rings (SSSR count). The Labute approximate surface area is 192 Å². The number of H-pyrrole nitrogens is 2. The third-order valence-electron chi connectivity index (χ3n) is 6.87. The summed E-state index contributed by atoms with van der Waals surface area (Å²) < 4.78 is 0. The highest BCUT2D eigenvalue weighted by Crippen LogP contribution is 2.33. The lowest BCUT2D eigenvalue weighted by Gasteiger charge is -2.32. The summed E-state index contributed by atoms with van der Waals surface area (Å²) in [6.45, 7) is 4.94. The number of nitrogens with one attached hydrogen (secondary N) is 3. The molecule has 172 valence electrons. The molecule has 3 N–H and O–H groups in total. The lowest BCUT2D eigenvalue weighted by atomic mass is 9.95. The molecule has 1 aromatic heterocycles. The second-order valence-electron chi connectivity index (χ2n) is 9.06. The summed E-state index contributed by atoms with van der Waals surface area (Å²) in [5, 5.41) is 3.12. The van der Waals surface area contributed by atoms with Gasteiger partial charge in [-0.15, -0.1) is 0 Å². The Kier molecular flexibility index (Phi) is 5.66. The number of piperidine rings is 1. The average Bonchev–Trinajstić information content (AvgIpc) is 3.47. The molecule has 2 aliphatic heterocycles. The molecule has 0 atom stereocenters. The number of rotatable bonds is 4. The summed E-state index contributed by atoms with van der Waals surface area (Å²) in [5.74, 6) is -0.154. The number of carbonyl (C=O) groups excluding carboxylic acids is 2. The third kappa shape index (κ3) is 4.25. The van der Waals surface area contributed by atoms with E-state index in [4.69, 9.17) is 0 Å². The van der Waals surface area contributed by atoms with Gasteiger partial charge in [-0.05, 0) is 56.4 Å². The monoisotopic (exact) mass is 447 g/mol. The van der Waals surface area contributed by atoms with Gasteiger partial charge in [-0.3, -0.25) is 9.59 Å². The van der Waals surface area contributed by atoms with Crippen molar-refractivity contribution in [3.05, 3.63) is 58.0 Å².